The lowest BCUT2D eigenvalue weighted by atomic mass is 10.0. The molecule has 4 aromatic rings. The van der Waals surface area contributed by atoms with Crippen LogP contribution < -0.4 is 5.32 Å². The number of imidazole rings is 1. The topological polar surface area (TPSA) is 67.0 Å². The van der Waals surface area contributed by atoms with E-state index in [0.717, 1.165) is 23.2 Å². The first-order valence-corrected chi connectivity index (χ1v) is 11.6. The van der Waals surface area contributed by atoms with Crippen LogP contribution in [0.1, 0.15) is 44.6 Å². The average Bonchev–Trinajstić information content (AvgIpc) is 3.32. The van der Waals surface area contributed by atoms with Gasteiger partial charge in [0.05, 0.1) is 17.9 Å². The largest absolute Gasteiger partial charge is 0.444 e. The Morgan fingerprint density at radius 3 is 2.12 bits per heavy atom. The molecule has 4 rings (SSSR count). The predicted molar refractivity (Wildman–Crippen MR) is 136 cm³/mol. The van der Waals surface area contributed by atoms with Gasteiger partial charge in [-0.2, -0.15) is 0 Å². The summed E-state index contributed by atoms with van der Waals surface area (Å²) >= 11 is 0. The van der Waals surface area contributed by atoms with Crippen molar-refractivity contribution in [3.63, 3.8) is 0 Å². The zero-order valence-electron chi connectivity index (χ0n) is 19.9. The van der Waals surface area contributed by atoms with Gasteiger partial charge >= 0.3 is 6.09 Å². The Balaban J connectivity index is 1.52. The lowest BCUT2D eigenvalue weighted by Gasteiger charge is -2.23. The number of H-pyrrole nitrogens is 1. The van der Waals surface area contributed by atoms with Crippen LogP contribution in [0.25, 0.3) is 22.4 Å². The zero-order valence-corrected chi connectivity index (χ0v) is 19.9. The molecule has 3 aromatic carbocycles. The molecule has 1 aromatic heterocycles. The van der Waals surface area contributed by atoms with Crippen molar-refractivity contribution < 1.29 is 9.53 Å². The van der Waals surface area contributed by atoms with E-state index in [4.69, 9.17) is 4.74 Å². The smallest absolute Gasteiger partial charge is 0.408 e. The Morgan fingerprint density at radius 2 is 1.47 bits per heavy atom. The second-order valence-electron chi connectivity index (χ2n) is 9.35. The van der Waals surface area contributed by atoms with Crippen molar-refractivity contribution in [2.24, 2.45) is 0 Å². The molecule has 34 heavy (non-hydrogen) atoms. The number of aromatic amines is 1. The van der Waals surface area contributed by atoms with Gasteiger partial charge in [-0.1, -0.05) is 84.9 Å². The number of carbonyl (C=O) groups excluding carboxylic acids is 1. The molecule has 0 aliphatic carbocycles. The molecule has 174 valence electrons. The van der Waals surface area contributed by atoms with Crippen LogP contribution in [0, 0.1) is 0 Å². The molecule has 5 nitrogen and oxygen atoms in total. The van der Waals surface area contributed by atoms with Crippen molar-refractivity contribution in [1.29, 1.82) is 0 Å². The predicted octanol–water partition coefficient (Wildman–Crippen LogP) is 6.94. The Morgan fingerprint density at radius 1 is 0.882 bits per heavy atom. The maximum Gasteiger partial charge on any atom is 0.408 e. The molecule has 1 atom stereocenters. The van der Waals surface area contributed by atoms with Crippen LogP contribution in [0.5, 0.6) is 0 Å². The fourth-order valence-electron chi connectivity index (χ4n) is 3.82. The summed E-state index contributed by atoms with van der Waals surface area (Å²) in [5.41, 5.74) is 4.94. The van der Waals surface area contributed by atoms with Crippen molar-refractivity contribution in [1.82, 2.24) is 15.3 Å². The van der Waals surface area contributed by atoms with Gasteiger partial charge in [0.15, 0.2) is 0 Å². The van der Waals surface area contributed by atoms with E-state index in [1.54, 1.807) is 0 Å². The van der Waals surface area contributed by atoms with Crippen molar-refractivity contribution >= 4 is 6.09 Å². The van der Waals surface area contributed by atoms with E-state index in [1.807, 2.05) is 63.4 Å². The summed E-state index contributed by atoms with van der Waals surface area (Å²) in [6, 6.07) is 28.6. The minimum absolute atomic E-state index is 0.299. The molecular formula is C29H31N3O2. The molecule has 0 bridgehead atoms. The van der Waals surface area contributed by atoms with Crippen molar-refractivity contribution in [3.8, 4) is 22.4 Å². The Labute approximate surface area is 201 Å². The van der Waals surface area contributed by atoms with E-state index >= 15 is 0 Å². The number of aromatic nitrogens is 2. The molecule has 0 saturated carbocycles. The molecule has 1 heterocycles. The van der Waals surface area contributed by atoms with Gasteiger partial charge in [0.2, 0.25) is 0 Å². The van der Waals surface area contributed by atoms with Crippen LogP contribution in [-0.2, 0) is 11.2 Å². The molecule has 2 N–H and O–H groups in total. The third-order valence-corrected chi connectivity index (χ3v) is 5.48. The second-order valence-corrected chi connectivity index (χ2v) is 9.35. The maximum atomic E-state index is 12.5. The Kier molecular flexibility index (Phi) is 7.12. The summed E-state index contributed by atoms with van der Waals surface area (Å²) in [5.74, 6) is 0.712. The molecular weight excluding hydrogens is 422 g/mol. The number of carbonyl (C=O) groups is 1. The molecule has 0 fully saturated rings. The number of alkyl carbamates (subject to hydrolysis) is 1. The minimum Gasteiger partial charge on any atom is -0.444 e. The molecule has 0 radical (unpaired) electrons. The monoisotopic (exact) mass is 453 g/mol. The fraction of sp³-hybridized carbons (Fsp3) is 0.241. The third-order valence-electron chi connectivity index (χ3n) is 5.48. The van der Waals surface area contributed by atoms with Crippen LogP contribution in [0.2, 0.25) is 0 Å². The molecule has 0 aliphatic heterocycles. The quantitative estimate of drug-likeness (QED) is 0.318. The number of ether oxygens (including phenoxy) is 1. The van der Waals surface area contributed by atoms with E-state index < -0.39 is 11.7 Å². The van der Waals surface area contributed by atoms with E-state index in [0.29, 0.717) is 12.2 Å². The van der Waals surface area contributed by atoms with Gasteiger partial charge in [-0.25, -0.2) is 9.78 Å². The molecule has 5 heteroatoms. The number of aryl methyl sites for hydroxylation is 1. The first kappa shape index (κ1) is 23.3. The van der Waals surface area contributed by atoms with Gasteiger partial charge in [-0.15, -0.1) is 0 Å². The van der Waals surface area contributed by atoms with E-state index in [2.05, 4.69) is 63.8 Å². The summed E-state index contributed by atoms with van der Waals surface area (Å²) in [6.45, 7) is 5.57. The highest BCUT2D eigenvalue weighted by molar-refractivity contribution is 5.69. The Bertz CT molecular complexity index is 1190. The number of hydrogen-bond donors (Lipinski definition) is 2. The van der Waals surface area contributed by atoms with Crippen molar-refractivity contribution in [2.75, 3.05) is 0 Å². The number of hydrogen-bond acceptors (Lipinski definition) is 3. The normalized spacial score (nSPS) is 12.2. The van der Waals surface area contributed by atoms with Crippen LogP contribution in [0.15, 0.2) is 91.1 Å². The lowest BCUT2D eigenvalue weighted by Crippen LogP contribution is -2.35. The van der Waals surface area contributed by atoms with Crippen molar-refractivity contribution in [3.05, 3.63) is 103 Å². The van der Waals surface area contributed by atoms with Gasteiger partial charge in [0.1, 0.15) is 11.4 Å². The minimum atomic E-state index is -0.567. The van der Waals surface area contributed by atoms with Gasteiger partial charge in [0, 0.05) is 0 Å². The van der Waals surface area contributed by atoms with Gasteiger partial charge in [0.25, 0.3) is 0 Å². The number of nitrogens with one attached hydrogen (secondary N) is 2. The zero-order chi connectivity index (χ0) is 24.0. The lowest BCUT2D eigenvalue weighted by molar-refractivity contribution is 0.0498. The highest BCUT2D eigenvalue weighted by atomic mass is 16.6. The number of benzene rings is 3. The number of nitrogens with zero attached hydrogens (tertiary/aromatic N) is 1. The first-order valence-electron chi connectivity index (χ1n) is 11.6. The summed E-state index contributed by atoms with van der Waals surface area (Å²) in [6.07, 6.45) is 2.88. The summed E-state index contributed by atoms with van der Waals surface area (Å²) in [4.78, 5) is 20.5. The summed E-state index contributed by atoms with van der Waals surface area (Å²) in [5, 5.41) is 3.00. The van der Waals surface area contributed by atoms with Crippen LogP contribution in [0.4, 0.5) is 4.79 Å². The molecule has 0 aliphatic rings. The average molecular weight is 454 g/mol. The standard InChI is InChI=1S/C29H31N3O2/c1-29(2,3)34-28(33)32-25(19-14-21-10-6-4-7-11-21)27-30-20-26(31-27)24-17-15-23(16-18-24)22-12-8-5-9-13-22/h4-13,15-18,20,25H,14,19H2,1-3H3,(H,30,31)(H,32,33)/t25-/m1/s1. The maximum absolute atomic E-state index is 12.5. The summed E-state index contributed by atoms with van der Waals surface area (Å²) < 4.78 is 5.50. The van der Waals surface area contributed by atoms with E-state index in [-0.39, 0.29) is 6.04 Å². The van der Waals surface area contributed by atoms with Gasteiger partial charge in [-0.05, 0) is 55.9 Å². The fourth-order valence-corrected chi connectivity index (χ4v) is 3.82. The summed E-state index contributed by atoms with van der Waals surface area (Å²) in [7, 11) is 0. The SMILES string of the molecule is CC(C)(C)OC(=O)N[C@H](CCc1ccccc1)c1ncc(-c2ccc(-c3ccccc3)cc2)[nH]1. The third kappa shape index (κ3) is 6.35. The van der Waals surface area contributed by atoms with Gasteiger partial charge < -0.3 is 15.0 Å². The molecule has 1 amide bonds. The van der Waals surface area contributed by atoms with E-state index in [1.165, 1.54) is 11.1 Å². The van der Waals surface area contributed by atoms with Gasteiger partial charge in [-0.3, -0.25) is 0 Å². The molecule has 0 saturated heterocycles. The van der Waals surface area contributed by atoms with E-state index in [9.17, 15) is 4.79 Å². The first-order chi connectivity index (χ1) is 16.4. The number of rotatable bonds is 7. The highest BCUT2D eigenvalue weighted by Crippen LogP contribution is 2.26. The second kappa shape index (κ2) is 10.4. The molecule has 0 spiro atoms. The molecule has 0 unspecified atom stereocenters. The number of amides is 1. The van der Waals surface area contributed by atoms with Crippen LogP contribution in [-0.4, -0.2) is 21.7 Å². The highest BCUT2D eigenvalue weighted by Gasteiger charge is 2.22. The van der Waals surface area contributed by atoms with Crippen LogP contribution in [0.3, 0.4) is 0 Å². The van der Waals surface area contributed by atoms with Crippen LogP contribution >= 0.6 is 0 Å². The van der Waals surface area contributed by atoms with Crippen molar-refractivity contribution in [2.45, 2.75) is 45.3 Å². The Hall–Kier alpha value is -3.86.